The van der Waals surface area contributed by atoms with Crippen LogP contribution in [0.1, 0.15) is 23.2 Å². The summed E-state index contributed by atoms with van der Waals surface area (Å²) >= 11 is 1.84. The van der Waals surface area contributed by atoms with E-state index in [2.05, 4.69) is 0 Å². The first-order valence-corrected chi connectivity index (χ1v) is 6.76. The third-order valence-corrected chi connectivity index (χ3v) is 3.96. The molecular weight excluding hydrogens is 353 g/mol. The molecule has 0 spiro atoms. The van der Waals surface area contributed by atoms with E-state index < -0.39 is 11.6 Å². The number of benzene rings is 1. The second-order valence-corrected chi connectivity index (χ2v) is 5.54. The average Bonchev–Trinajstić information content (AvgIpc) is 2.34. The summed E-state index contributed by atoms with van der Waals surface area (Å²) in [5.74, 6) is -2.19. The molecule has 0 atom stereocenters. The fourth-order valence-corrected chi connectivity index (χ4v) is 2.62. The standard InChI is InChI=1S/C12H13F2IN2O/c13-9-5-8(11(15)6-10(9)14)12(18)17-3-1-7(16)2-4-17/h5-7H,1-4,16H2. The molecule has 6 heteroatoms. The molecule has 0 aliphatic carbocycles. The Morgan fingerprint density at radius 2 is 1.83 bits per heavy atom. The molecule has 1 aromatic carbocycles. The molecule has 18 heavy (non-hydrogen) atoms. The van der Waals surface area contributed by atoms with E-state index >= 15 is 0 Å². The van der Waals surface area contributed by atoms with Crippen molar-refractivity contribution < 1.29 is 13.6 Å². The molecule has 2 N–H and O–H groups in total. The molecule has 0 bridgehead atoms. The van der Waals surface area contributed by atoms with Crippen molar-refractivity contribution in [3.63, 3.8) is 0 Å². The fraction of sp³-hybridized carbons (Fsp3) is 0.417. The molecule has 1 amide bonds. The van der Waals surface area contributed by atoms with Crippen LogP contribution in [0.5, 0.6) is 0 Å². The fourth-order valence-electron chi connectivity index (χ4n) is 1.96. The van der Waals surface area contributed by atoms with E-state index in [1.54, 1.807) is 4.90 Å². The van der Waals surface area contributed by atoms with Gasteiger partial charge in [0, 0.05) is 22.7 Å². The summed E-state index contributed by atoms with van der Waals surface area (Å²) in [7, 11) is 0. The topological polar surface area (TPSA) is 46.3 Å². The molecule has 1 saturated heterocycles. The maximum absolute atomic E-state index is 13.2. The van der Waals surface area contributed by atoms with Crippen molar-refractivity contribution in [3.8, 4) is 0 Å². The summed E-state index contributed by atoms with van der Waals surface area (Å²) in [6.07, 6.45) is 1.48. The lowest BCUT2D eigenvalue weighted by molar-refractivity contribution is 0.0713. The van der Waals surface area contributed by atoms with Gasteiger partial charge in [0.05, 0.1) is 5.56 Å². The number of hydrogen-bond donors (Lipinski definition) is 1. The van der Waals surface area contributed by atoms with Crippen molar-refractivity contribution in [2.24, 2.45) is 5.73 Å². The molecule has 0 saturated carbocycles. The van der Waals surface area contributed by atoms with Crippen LogP contribution >= 0.6 is 22.6 Å². The Morgan fingerprint density at radius 1 is 1.28 bits per heavy atom. The van der Waals surface area contributed by atoms with Crippen LogP contribution in [-0.2, 0) is 0 Å². The van der Waals surface area contributed by atoms with E-state index in [0.29, 0.717) is 16.7 Å². The highest BCUT2D eigenvalue weighted by Gasteiger charge is 2.24. The second-order valence-electron chi connectivity index (χ2n) is 4.38. The molecule has 1 fully saturated rings. The Balaban J connectivity index is 2.21. The summed E-state index contributed by atoms with van der Waals surface area (Å²) < 4.78 is 26.6. The Kier molecular flexibility index (Phi) is 4.16. The normalized spacial score (nSPS) is 17.0. The van der Waals surface area contributed by atoms with Gasteiger partial charge in [0.1, 0.15) is 0 Å². The van der Waals surface area contributed by atoms with Crippen LogP contribution < -0.4 is 5.73 Å². The van der Waals surface area contributed by atoms with Gasteiger partial charge < -0.3 is 10.6 Å². The van der Waals surface area contributed by atoms with Gasteiger partial charge in [0.2, 0.25) is 0 Å². The number of likely N-dealkylation sites (tertiary alicyclic amines) is 1. The summed E-state index contributed by atoms with van der Waals surface area (Å²) in [6, 6.07) is 2.13. The van der Waals surface area contributed by atoms with Crippen molar-refractivity contribution in [2.45, 2.75) is 18.9 Å². The molecule has 0 aromatic heterocycles. The Morgan fingerprint density at radius 3 is 2.44 bits per heavy atom. The molecule has 1 aromatic rings. The van der Waals surface area contributed by atoms with Crippen LogP contribution in [0.15, 0.2) is 12.1 Å². The van der Waals surface area contributed by atoms with Crippen LogP contribution in [0.4, 0.5) is 8.78 Å². The van der Waals surface area contributed by atoms with Gasteiger partial charge in [-0.3, -0.25) is 4.79 Å². The van der Waals surface area contributed by atoms with E-state index in [4.69, 9.17) is 5.73 Å². The highest BCUT2D eigenvalue weighted by molar-refractivity contribution is 14.1. The zero-order chi connectivity index (χ0) is 13.3. The van der Waals surface area contributed by atoms with Crippen LogP contribution in [0, 0.1) is 15.2 Å². The van der Waals surface area contributed by atoms with Crippen molar-refractivity contribution >= 4 is 28.5 Å². The highest BCUT2D eigenvalue weighted by Crippen LogP contribution is 2.20. The maximum Gasteiger partial charge on any atom is 0.255 e. The van der Waals surface area contributed by atoms with E-state index in [1.165, 1.54) is 0 Å². The van der Waals surface area contributed by atoms with Crippen LogP contribution in [0.25, 0.3) is 0 Å². The van der Waals surface area contributed by atoms with Crippen molar-refractivity contribution in [3.05, 3.63) is 32.9 Å². The second kappa shape index (κ2) is 5.48. The summed E-state index contributed by atoms with van der Waals surface area (Å²) in [5.41, 5.74) is 5.97. The van der Waals surface area contributed by atoms with E-state index in [0.717, 1.165) is 25.0 Å². The minimum Gasteiger partial charge on any atom is -0.338 e. The van der Waals surface area contributed by atoms with Gasteiger partial charge >= 0.3 is 0 Å². The Labute approximate surface area is 117 Å². The first-order chi connectivity index (χ1) is 8.49. The first-order valence-electron chi connectivity index (χ1n) is 5.68. The van der Waals surface area contributed by atoms with Crippen molar-refractivity contribution in [1.82, 2.24) is 4.90 Å². The van der Waals surface area contributed by atoms with Gasteiger partial charge in [0.15, 0.2) is 11.6 Å². The predicted molar refractivity (Wildman–Crippen MR) is 72.2 cm³/mol. The number of rotatable bonds is 1. The molecule has 98 valence electrons. The zero-order valence-electron chi connectivity index (χ0n) is 9.63. The minimum absolute atomic E-state index is 0.123. The van der Waals surface area contributed by atoms with Crippen LogP contribution in [-0.4, -0.2) is 29.9 Å². The van der Waals surface area contributed by atoms with Gasteiger partial charge in [-0.1, -0.05) is 0 Å². The Bertz CT molecular complexity index is 473. The molecule has 1 aliphatic rings. The number of amides is 1. The van der Waals surface area contributed by atoms with Gasteiger partial charge in [-0.05, 0) is 47.6 Å². The molecule has 0 unspecified atom stereocenters. The van der Waals surface area contributed by atoms with E-state index in [9.17, 15) is 13.6 Å². The van der Waals surface area contributed by atoms with E-state index in [-0.39, 0.29) is 17.5 Å². The maximum atomic E-state index is 13.2. The number of nitrogens with two attached hydrogens (primary N) is 1. The summed E-state index contributed by atoms with van der Waals surface area (Å²) in [4.78, 5) is 13.8. The SMILES string of the molecule is NC1CCN(C(=O)c2cc(F)c(F)cc2I)CC1. The molecule has 2 rings (SSSR count). The predicted octanol–water partition coefficient (Wildman–Crippen LogP) is 2.13. The van der Waals surface area contributed by atoms with Crippen LogP contribution in [0.3, 0.4) is 0 Å². The number of carbonyl (C=O) groups is 1. The highest BCUT2D eigenvalue weighted by atomic mass is 127. The average molecular weight is 366 g/mol. The van der Waals surface area contributed by atoms with Gasteiger partial charge in [0.25, 0.3) is 5.91 Å². The first kappa shape index (κ1) is 13.7. The molecule has 1 aliphatic heterocycles. The molecule has 1 heterocycles. The lowest BCUT2D eigenvalue weighted by Gasteiger charge is -2.30. The summed E-state index contributed by atoms with van der Waals surface area (Å²) in [6.45, 7) is 1.13. The lowest BCUT2D eigenvalue weighted by atomic mass is 10.0. The lowest BCUT2D eigenvalue weighted by Crippen LogP contribution is -2.43. The van der Waals surface area contributed by atoms with Crippen LogP contribution in [0.2, 0.25) is 0 Å². The van der Waals surface area contributed by atoms with Gasteiger partial charge in [-0.2, -0.15) is 0 Å². The Hall–Kier alpha value is -0.760. The van der Waals surface area contributed by atoms with E-state index in [1.807, 2.05) is 22.6 Å². The van der Waals surface area contributed by atoms with Gasteiger partial charge in [-0.15, -0.1) is 0 Å². The van der Waals surface area contributed by atoms with Crippen molar-refractivity contribution in [1.29, 1.82) is 0 Å². The largest absolute Gasteiger partial charge is 0.338 e. The third-order valence-electron chi connectivity index (χ3n) is 3.07. The smallest absolute Gasteiger partial charge is 0.255 e. The number of halogens is 3. The summed E-state index contributed by atoms with van der Waals surface area (Å²) in [5, 5.41) is 0. The molecule has 3 nitrogen and oxygen atoms in total. The van der Waals surface area contributed by atoms with Gasteiger partial charge in [-0.25, -0.2) is 8.78 Å². The van der Waals surface area contributed by atoms with Crippen molar-refractivity contribution in [2.75, 3.05) is 13.1 Å². The zero-order valence-corrected chi connectivity index (χ0v) is 11.8. The quantitative estimate of drug-likeness (QED) is 0.612. The molecule has 0 radical (unpaired) electrons. The minimum atomic E-state index is -0.993. The third kappa shape index (κ3) is 2.80. The number of nitrogens with zero attached hydrogens (tertiary/aromatic N) is 1. The molecular formula is C12H13F2IN2O. The number of carbonyl (C=O) groups excluding carboxylic acids is 1. The number of piperidine rings is 1. The number of hydrogen-bond acceptors (Lipinski definition) is 2. The monoisotopic (exact) mass is 366 g/mol.